The van der Waals surface area contributed by atoms with Crippen LogP contribution < -0.4 is 0 Å². The van der Waals surface area contributed by atoms with E-state index in [1.807, 2.05) is 6.07 Å². The molecule has 2 aliphatic rings. The van der Waals surface area contributed by atoms with E-state index in [9.17, 15) is 18.0 Å². The van der Waals surface area contributed by atoms with Crippen LogP contribution in [0.2, 0.25) is 0 Å². The van der Waals surface area contributed by atoms with Crippen LogP contribution in [0.25, 0.3) is 0 Å². The molecule has 31 heavy (non-hydrogen) atoms. The number of carbonyl (C=O) groups is 2. The molecule has 0 radical (unpaired) electrons. The third-order valence-corrected chi connectivity index (χ3v) is 7.72. The average molecular weight is 448 g/mol. The van der Waals surface area contributed by atoms with E-state index in [2.05, 4.69) is 0 Å². The van der Waals surface area contributed by atoms with E-state index in [4.69, 9.17) is 10.00 Å². The van der Waals surface area contributed by atoms with Crippen molar-refractivity contribution >= 4 is 21.9 Å². The van der Waals surface area contributed by atoms with E-state index in [-0.39, 0.29) is 42.2 Å². The molecule has 168 valence electrons. The van der Waals surface area contributed by atoms with E-state index in [0.29, 0.717) is 44.0 Å². The Morgan fingerprint density at radius 3 is 2.35 bits per heavy atom. The highest BCUT2D eigenvalue weighted by Gasteiger charge is 2.35. The van der Waals surface area contributed by atoms with Crippen LogP contribution in [0.5, 0.6) is 0 Å². The maximum atomic E-state index is 13.1. The van der Waals surface area contributed by atoms with Gasteiger partial charge in [-0.3, -0.25) is 9.59 Å². The summed E-state index contributed by atoms with van der Waals surface area (Å²) in [5.41, 5.74) is 0.404. The van der Waals surface area contributed by atoms with Crippen molar-refractivity contribution in [1.82, 2.24) is 9.21 Å². The van der Waals surface area contributed by atoms with Gasteiger partial charge in [-0.05, 0) is 62.8 Å². The molecule has 0 N–H and O–H groups in total. The zero-order valence-electron chi connectivity index (χ0n) is 17.8. The Labute approximate surface area is 183 Å². The van der Waals surface area contributed by atoms with Crippen molar-refractivity contribution in [1.29, 1.82) is 5.26 Å². The van der Waals surface area contributed by atoms with Gasteiger partial charge < -0.3 is 9.64 Å². The van der Waals surface area contributed by atoms with E-state index in [1.165, 1.54) is 28.6 Å². The second-order valence-corrected chi connectivity index (χ2v) is 10.0. The second-order valence-electron chi connectivity index (χ2n) is 8.10. The third-order valence-electron chi connectivity index (χ3n) is 5.80. The van der Waals surface area contributed by atoms with E-state index in [1.54, 1.807) is 11.8 Å². The Hall–Kier alpha value is -2.44. The first-order chi connectivity index (χ1) is 14.8. The summed E-state index contributed by atoms with van der Waals surface area (Å²) in [6.45, 7) is 3.62. The van der Waals surface area contributed by atoms with Crippen molar-refractivity contribution in [2.75, 3.05) is 32.8 Å². The molecule has 1 aromatic rings. The summed E-state index contributed by atoms with van der Waals surface area (Å²) in [5, 5.41) is 8.89. The SMILES string of the molecule is CCOC(=O)CCN(CC1CC1)C(=O)C1CCN(S(=O)(=O)c2ccc(C#N)cc2)CC1. The first-order valence-corrected chi connectivity index (χ1v) is 12.2. The topological polar surface area (TPSA) is 108 Å². The number of nitrogens with zero attached hydrogens (tertiary/aromatic N) is 3. The number of benzene rings is 1. The van der Waals surface area contributed by atoms with E-state index >= 15 is 0 Å². The van der Waals surface area contributed by atoms with Gasteiger partial charge in [-0.2, -0.15) is 9.57 Å². The fourth-order valence-corrected chi connectivity index (χ4v) is 5.28. The predicted octanol–water partition coefficient (Wildman–Crippen LogP) is 2.15. The van der Waals surface area contributed by atoms with Gasteiger partial charge in [0.15, 0.2) is 0 Å². The second kappa shape index (κ2) is 10.2. The summed E-state index contributed by atoms with van der Waals surface area (Å²) in [4.78, 5) is 26.8. The normalized spacial score (nSPS) is 17.7. The highest BCUT2D eigenvalue weighted by atomic mass is 32.2. The minimum atomic E-state index is -3.66. The zero-order valence-corrected chi connectivity index (χ0v) is 18.6. The number of esters is 1. The number of hydrogen-bond acceptors (Lipinski definition) is 6. The Morgan fingerprint density at radius 1 is 1.16 bits per heavy atom. The predicted molar refractivity (Wildman–Crippen MR) is 113 cm³/mol. The summed E-state index contributed by atoms with van der Waals surface area (Å²) in [7, 11) is -3.66. The van der Waals surface area contributed by atoms with Crippen LogP contribution in [0.3, 0.4) is 0 Å². The number of ether oxygens (including phenoxy) is 1. The molecule has 1 saturated heterocycles. The molecule has 1 aliphatic carbocycles. The summed E-state index contributed by atoms with van der Waals surface area (Å²) < 4.78 is 32.2. The molecule has 3 rings (SSSR count). The van der Waals surface area contributed by atoms with Gasteiger partial charge in [0.25, 0.3) is 0 Å². The number of piperidine rings is 1. The summed E-state index contributed by atoms with van der Waals surface area (Å²) >= 11 is 0. The van der Waals surface area contributed by atoms with E-state index < -0.39 is 10.0 Å². The number of rotatable bonds is 9. The van der Waals surface area contributed by atoms with Crippen LogP contribution in [-0.4, -0.2) is 62.3 Å². The molecule has 8 nitrogen and oxygen atoms in total. The maximum absolute atomic E-state index is 13.1. The quantitative estimate of drug-likeness (QED) is 0.537. The Morgan fingerprint density at radius 2 is 1.81 bits per heavy atom. The molecular formula is C22H29N3O5S. The Balaban J connectivity index is 1.59. The molecule has 0 atom stereocenters. The molecule has 1 saturated carbocycles. The van der Waals surface area contributed by atoms with Crippen LogP contribution in [0, 0.1) is 23.2 Å². The summed E-state index contributed by atoms with van der Waals surface area (Å²) in [5.74, 6) is -0.0394. The molecule has 0 aromatic heterocycles. The van der Waals surface area contributed by atoms with Crippen LogP contribution in [0.15, 0.2) is 29.2 Å². The minimum absolute atomic E-state index is 0.00613. The lowest BCUT2D eigenvalue weighted by Crippen LogP contribution is -2.45. The van der Waals surface area contributed by atoms with Gasteiger partial charge in [0.2, 0.25) is 15.9 Å². The minimum Gasteiger partial charge on any atom is -0.466 e. The Kier molecular flexibility index (Phi) is 7.68. The van der Waals surface area contributed by atoms with Gasteiger partial charge >= 0.3 is 5.97 Å². The van der Waals surface area contributed by atoms with E-state index in [0.717, 1.165) is 12.8 Å². The lowest BCUT2D eigenvalue weighted by molar-refractivity contribution is -0.144. The molecule has 2 fully saturated rings. The summed E-state index contributed by atoms with van der Waals surface area (Å²) in [6, 6.07) is 7.84. The van der Waals surface area contributed by atoms with Crippen LogP contribution in [0.4, 0.5) is 0 Å². The van der Waals surface area contributed by atoms with Crippen LogP contribution in [0.1, 0.15) is 44.6 Å². The zero-order chi connectivity index (χ0) is 22.4. The molecular weight excluding hydrogens is 418 g/mol. The first-order valence-electron chi connectivity index (χ1n) is 10.8. The molecule has 1 amide bonds. The van der Waals surface area contributed by atoms with Crippen LogP contribution >= 0.6 is 0 Å². The highest BCUT2D eigenvalue weighted by Crippen LogP contribution is 2.31. The van der Waals surface area contributed by atoms with Gasteiger partial charge in [-0.15, -0.1) is 0 Å². The maximum Gasteiger partial charge on any atom is 0.307 e. The third kappa shape index (κ3) is 6.05. The lowest BCUT2D eigenvalue weighted by Gasteiger charge is -2.33. The van der Waals surface area contributed by atoms with Crippen molar-refractivity contribution in [3.63, 3.8) is 0 Å². The number of amides is 1. The number of sulfonamides is 1. The summed E-state index contributed by atoms with van der Waals surface area (Å²) in [6.07, 6.45) is 3.29. The fourth-order valence-electron chi connectivity index (χ4n) is 3.81. The lowest BCUT2D eigenvalue weighted by atomic mass is 9.96. The smallest absolute Gasteiger partial charge is 0.307 e. The van der Waals surface area contributed by atoms with Gasteiger partial charge in [0, 0.05) is 32.1 Å². The molecule has 1 heterocycles. The molecule has 0 bridgehead atoms. The van der Waals surface area contributed by atoms with Gasteiger partial charge in [-0.1, -0.05) is 0 Å². The standard InChI is InChI=1S/C22H29N3O5S/c1-2-30-21(26)11-12-24(16-18-3-4-18)22(27)19-9-13-25(14-10-19)31(28,29)20-7-5-17(15-23)6-8-20/h5-8,18-19H,2-4,9-14,16H2,1H3. The van der Waals surface area contributed by atoms with Crippen molar-refractivity contribution in [3.8, 4) is 6.07 Å². The van der Waals surface area contributed by atoms with Crippen molar-refractivity contribution < 1.29 is 22.7 Å². The number of hydrogen-bond donors (Lipinski definition) is 0. The first kappa shape index (κ1) is 23.2. The van der Waals surface area contributed by atoms with Gasteiger partial charge in [0.1, 0.15) is 0 Å². The van der Waals surface area contributed by atoms with Crippen LogP contribution in [-0.2, 0) is 24.3 Å². The average Bonchev–Trinajstić information content (AvgIpc) is 3.60. The van der Waals surface area contributed by atoms with Crippen molar-refractivity contribution in [2.45, 2.75) is 43.9 Å². The van der Waals surface area contributed by atoms with Crippen molar-refractivity contribution in [2.24, 2.45) is 11.8 Å². The van der Waals surface area contributed by atoms with Gasteiger partial charge in [0.05, 0.1) is 29.6 Å². The number of nitriles is 1. The number of carbonyl (C=O) groups excluding carboxylic acids is 2. The largest absolute Gasteiger partial charge is 0.466 e. The molecule has 1 aromatic carbocycles. The van der Waals surface area contributed by atoms with Gasteiger partial charge in [-0.25, -0.2) is 8.42 Å². The molecule has 9 heteroatoms. The fraction of sp³-hybridized carbons (Fsp3) is 0.591. The highest BCUT2D eigenvalue weighted by molar-refractivity contribution is 7.89. The molecule has 0 unspecified atom stereocenters. The molecule has 1 aliphatic heterocycles. The van der Waals surface area contributed by atoms with Crippen molar-refractivity contribution in [3.05, 3.63) is 29.8 Å². The molecule has 0 spiro atoms. The Bertz CT molecular complexity index is 927. The monoisotopic (exact) mass is 447 g/mol.